The normalized spacial score (nSPS) is 15.2. The average molecular weight is 424 g/mol. The van der Waals surface area contributed by atoms with Gasteiger partial charge in [0.25, 0.3) is 0 Å². The molecular formula is C25H29NO5. The van der Waals surface area contributed by atoms with Gasteiger partial charge in [-0.05, 0) is 62.7 Å². The van der Waals surface area contributed by atoms with E-state index in [1.807, 2.05) is 18.2 Å². The fraction of sp³-hybridized carbons (Fsp3) is 0.400. The Morgan fingerprint density at radius 3 is 2.29 bits per heavy atom. The van der Waals surface area contributed by atoms with E-state index >= 15 is 0 Å². The van der Waals surface area contributed by atoms with Crippen LogP contribution in [0.3, 0.4) is 0 Å². The summed E-state index contributed by atoms with van der Waals surface area (Å²) in [6.07, 6.45) is 3.37. The third-order valence-electron chi connectivity index (χ3n) is 6.11. The maximum atomic E-state index is 12.2. The van der Waals surface area contributed by atoms with Gasteiger partial charge in [0, 0.05) is 23.6 Å². The highest BCUT2D eigenvalue weighted by atomic mass is 16.5. The van der Waals surface area contributed by atoms with E-state index in [9.17, 15) is 4.79 Å². The van der Waals surface area contributed by atoms with Gasteiger partial charge in [-0.15, -0.1) is 0 Å². The molecule has 0 saturated carbocycles. The maximum absolute atomic E-state index is 12.2. The van der Waals surface area contributed by atoms with Crippen molar-refractivity contribution in [2.45, 2.75) is 25.2 Å². The lowest BCUT2D eigenvalue weighted by molar-refractivity contribution is 0.325. The Bertz CT molecular complexity index is 1080. The van der Waals surface area contributed by atoms with Crippen LogP contribution in [0.1, 0.15) is 36.3 Å². The van der Waals surface area contributed by atoms with Crippen molar-refractivity contribution in [1.82, 2.24) is 4.90 Å². The van der Waals surface area contributed by atoms with Crippen LogP contribution in [0.2, 0.25) is 0 Å². The first-order valence-corrected chi connectivity index (χ1v) is 10.7. The molecule has 0 unspecified atom stereocenters. The van der Waals surface area contributed by atoms with Crippen molar-refractivity contribution >= 4 is 11.0 Å². The minimum Gasteiger partial charge on any atom is -0.497 e. The molecule has 0 spiro atoms. The van der Waals surface area contributed by atoms with Crippen molar-refractivity contribution in [2.75, 3.05) is 41.0 Å². The van der Waals surface area contributed by atoms with Crippen LogP contribution in [0.4, 0.5) is 0 Å². The highest BCUT2D eigenvalue weighted by Crippen LogP contribution is 2.43. The zero-order valence-corrected chi connectivity index (χ0v) is 18.3. The van der Waals surface area contributed by atoms with E-state index in [2.05, 4.69) is 17.0 Å². The lowest BCUT2D eigenvalue weighted by Gasteiger charge is -2.25. The summed E-state index contributed by atoms with van der Waals surface area (Å²) in [5.74, 6) is 2.06. The number of methoxy groups -OCH3 is 3. The van der Waals surface area contributed by atoms with E-state index in [-0.39, 0.29) is 5.92 Å². The summed E-state index contributed by atoms with van der Waals surface area (Å²) in [6, 6.07) is 13.1. The quantitative estimate of drug-likeness (QED) is 0.500. The summed E-state index contributed by atoms with van der Waals surface area (Å²) in [5.41, 5.74) is 2.12. The summed E-state index contributed by atoms with van der Waals surface area (Å²) < 4.78 is 22.4. The Labute approximate surface area is 182 Å². The Morgan fingerprint density at radius 2 is 1.65 bits per heavy atom. The molecule has 0 bridgehead atoms. The second-order valence-electron chi connectivity index (χ2n) is 7.86. The van der Waals surface area contributed by atoms with Gasteiger partial charge in [0.05, 0.1) is 26.7 Å². The minimum absolute atomic E-state index is 0.0135. The molecule has 0 N–H and O–H groups in total. The van der Waals surface area contributed by atoms with E-state index in [0.717, 1.165) is 48.3 Å². The van der Waals surface area contributed by atoms with E-state index < -0.39 is 5.63 Å². The first-order chi connectivity index (χ1) is 15.1. The molecule has 6 heteroatoms. The molecular weight excluding hydrogens is 394 g/mol. The van der Waals surface area contributed by atoms with Crippen LogP contribution in [-0.2, 0) is 0 Å². The first kappa shape index (κ1) is 21.2. The van der Waals surface area contributed by atoms with Gasteiger partial charge in [0.1, 0.15) is 22.8 Å². The van der Waals surface area contributed by atoms with Gasteiger partial charge < -0.3 is 23.5 Å². The predicted octanol–water partition coefficient (Wildman–Crippen LogP) is 4.44. The summed E-state index contributed by atoms with van der Waals surface area (Å²) in [6.45, 7) is 3.22. The van der Waals surface area contributed by atoms with Crippen molar-refractivity contribution in [1.29, 1.82) is 0 Å². The third-order valence-corrected chi connectivity index (χ3v) is 6.11. The number of hydrogen-bond donors (Lipinski definition) is 0. The van der Waals surface area contributed by atoms with Crippen molar-refractivity contribution in [3.05, 3.63) is 64.0 Å². The van der Waals surface area contributed by atoms with Crippen LogP contribution in [0.5, 0.6) is 17.2 Å². The molecule has 0 aliphatic carbocycles. The van der Waals surface area contributed by atoms with Gasteiger partial charge in [-0.3, -0.25) is 0 Å². The number of benzene rings is 2. The van der Waals surface area contributed by atoms with E-state index in [4.69, 9.17) is 18.6 Å². The Balaban J connectivity index is 1.87. The second-order valence-corrected chi connectivity index (χ2v) is 7.86. The fourth-order valence-electron chi connectivity index (χ4n) is 4.50. The molecule has 0 radical (unpaired) electrons. The topological polar surface area (TPSA) is 61.1 Å². The Morgan fingerprint density at radius 1 is 0.935 bits per heavy atom. The lowest BCUT2D eigenvalue weighted by atomic mass is 9.86. The Hall–Kier alpha value is -2.99. The van der Waals surface area contributed by atoms with Crippen LogP contribution >= 0.6 is 0 Å². The molecule has 6 nitrogen and oxygen atoms in total. The van der Waals surface area contributed by atoms with Crippen molar-refractivity contribution in [3.8, 4) is 17.2 Å². The van der Waals surface area contributed by atoms with Gasteiger partial charge in [0.15, 0.2) is 0 Å². The molecule has 0 amide bonds. The van der Waals surface area contributed by atoms with Crippen molar-refractivity contribution in [2.24, 2.45) is 0 Å². The number of nitrogens with zero attached hydrogens (tertiary/aromatic N) is 1. The maximum Gasteiger partial charge on any atom is 0.336 e. The van der Waals surface area contributed by atoms with Gasteiger partial charge >= 0.3 is 5.63 Å². The number of fused-ring (bicyclic) bond motifs is 1. The van der Waals surface area contributed by atoms with Gasteiger partial charge in [-0.25, -0.2) is 4.79 Å². The molecule has 164 valence electrons. The molecule has 1 aromatic heterocycles. The number of likely N-dealkylation sites (tertiary alicyclic amines) is 1. The highest BCUT2D eigenvalue weighted by Gasteiger charge is 2.26. The number of ether oxygens (including phenoxy) is 3. The van der Waals surface area contributed by atoms with E-state index in [1.165, 1.54) is 18.9 Å². The van der Waals surface area contributed by atoms with E-state index in [0.29, 0.717) is 17.1 Å². The van der Waals surface area contributed by atoms with Crippen LogP contribution < -0.4 is 19.8 Å². The Kier molecular flexibility index (Phi) is 6.47. The average Bonchev–Trinajstić information content (AvgIpc) is 3.33. The monoisotopic (exact) mass is 423 g/mol. The number of hydrogen-bond acceptors (Lipinski definition) is 6. The smallest absolute Gasteiger partial charge is 0.336 e. The molecule has 1 fully saturated rings. The van der Waals surface area contributed by atoms with E-state index in [1.54, 1.807) is 27.4 Å². The zero-order chi connectivity index (χ0) is 21.8. The van der Waals surface area contributed by atoms with Gasteiger partial charge in [0.2, 0.25) is 0 Å². The molecule has 1 aliphatic heterocycles. The van der Waals surface area contributed by atoms with Crippen molar-refractivity contribution < 1.29 is 18.6 Å². The molecule has 1 saturated heterocycles. The summed E-state index contributed by atoms with van der Waals surface area (Å²) in [7, 11) is 4.90. The molecule has 2 heterocycles. The standard InChI is InChI=1S/C25H29NO5/c1-28-18-8-6-17(7-9-18)19(12-15-26-13-4-5-14-26)24-22(30-3)16-21(29-2)20-10-11-23(27)31-25(20)24/h6-11,16,19H,4-5,12-15H2,1-3H3/t19-/m1/s1. The largest absolute Gasteiger partial charge is 0.497 e. The van der Waals surface area contributed by atoms with Crippen LogP contribution in [0, 0.1) is 0 Å². The summed E-state index contributed by atoms with van der Waals surface area (Å²) in [4.78, 5) is 14.7. The molecule has 2 aromatic carbocycles. The first-order valence-electron chi connectivity index (χ1n) is 10.7. The SMILES string of the molecule is COc1ccc([C@@H](CCN2CCCC2)c2c(OC)cc(OC)c3ccc(=O)oc23)cc1. The predicted molar refractivity (Wildman–Crippen MR) is 121 cm³/mol. The zero-order valence-electron chi connectivity index (χ0n) is 18.3. The lowest BCUT2D eigenvalue weighted by Crippen LogP contribution is -2.22. The van der Waals surface area contributed by atoms with Gasteiger partial charge in [-0.1, -0.05) is 12.1 Å². The highest BCUT2D eigenvalue weighted by molar-refractivity contribution is 5.89. The van der Waals surface area contributed by atoms with Crippen LogP contribution in [0.25, 0.3) is 11.0 Å². The fourth-order valence-corrected chi connectivity index (χ4v) is 4.50. The summed E-state index contributed by atoms with van der Waals surface area (Å²) >= 11 is 0. The van der Waals surface area contributed by atoms with Crippen molar-refractivity contribution in [3.63, 3.8) is 0 Å². The summed E-state index contributed by atoms with van der Waals surface area (Å²) in [5, 5.41) is 0.762. The number of rotatable bonds is 8. The van der Waals surface area contributed by atoms with Crippen LogP contribution in [-0.4, -0.2) is 45.9 Å². The van der Waals surface area contributed by atoms with Gasteiger partial charge in [-0.2, -0.15) is 0 Å². The molecule has 1 aliphatic rings. The second kappa shape index (κ2) is 9.43. The molecule has 4 rings (SSSR count). The molecule has 3 aromatic rings. The van der Waals surface area contributed by atoms with Crippen LogP contribution in [0.15, 0.2) is 51.7 Å². The minimum atomic E-state index is -0.392. The third kappa shape index (κ3) is 4.39. The molecule has 1 atom stereocenters. The molecule has 31 heavy (non-hydrogen) atoms.